The van der Waals surface area contributed by atoms with Crippen molar-refractivity contribution in [1.29, 1.82) is 0 Å². The molecule has 0 radical (unpaired) electrons. The number of carbonyl (C=O) groups is 1. The Bertz CT molecular complexity index is 269. The van der Waals surface area contributed by atoms with Crippen molar-refractivity contribution in [3.8, 4) is 0 Å². The smallest absolute Gasteiger partial charge is 0.405 e. The minimum atomic E-state index is -0.672. The fourth-order valence-electron chi connectivity index (χ4n) is 2.63. The van der Waals surface area contributed by atoms with Crippen molar-refractivity contribution in [3.63, 3.8) is 0 Å². The number of rotatable bonds is 5. The third-order valence-electron chi connectivity index (χ3n) is 3.91. The van der Waals surface area contributed by atoms with Crippen molar-refractivity contribution in [1.82, 2.24) is 4.90 Å². The first kappa shape index (κ1) is 15.3. The molecule has 4 nitrogen and oxygen atoms in total. The summed E-state index contributed by atoms with van der Waals surface area (Å²) >= 11 is 0. The van der Waals surface area contributed by atoms with E-state index >= 15 is 0 Å². The van der Waals surface area contributed by atoms with Crippen LogP contribution in [0.15, 0.2) is 0 Å². The van der Waals surface area contributed by atoms with Crippen molar-refractivity contribution in [2.75, 3.05) is 13.1 Å². The molecule has 0 aromatic rings. The predicted molar refractivity (Wildman–Crippen MR) is 73.4 cm³/mol. The van der Waals surface area contributed by atoms with Crippen molar-refractivity contribution in [3.05, 3.63) is 0 Å². The Kier molecular flexibility index (Phi) is 5.45. The zero-order chi connectivity index (χ0) is 13.8. The number of hydrogen-bond acceptors (Lipinski definition) is 3. The molecule has 0 atom stereocenters. The first-order valence-electron chi connectivity index (χ1n) is 7.02. The Hall–Kier alpha value is -0.770. The topological polar surface area (TPSA) is 55.6 Å². The van der Waals surface area contributed by atoms with Gasteiger partial charge in [-0.2, -0.15) is 0 Å². The molecular weight excluding hydrogens is 228 g/mol. The van der Waals surface area contributed by atoms with Crippen LogP contribution < -0.4 is 5.73 Å². The van der Waals surface area contributed by atoms with Crippen LogP contribution in [0.2, 0.25) is 0 Å². The molecule has 0 saturated carbocycles. The zero-order valence-corrected chi connectivity index (χ0v) is 12.2. The summed E-state index contributed by atoms with van der Waals surface area (Å²) in [5.41, 5.74) is 4.64. The predicted octanol–water partition coefficient (Wildman–Crippen LogP) is 2.76. The Morgan fingerprint density at radius 2 is 1.94 bits per heavy atom. The van der Waals surface area contributed by atoms with Gasteiger partial charge in [0.2, 0.25) is 0 Å². The van der Waals surface area contributed by atoms with E-state index in [0.717, 1.165) is 18.8 Å². The van der Waals surface area contributed by atoms with Gasteiger partial charge in [-0.25, -0.2) is 4.79 Å². The number of nitrogens with two attached hydrogens (primary N) is 1. The molecule has 1 saturated heterocycles. The highest BCUT2D eigenvalue weighted by molar-refractivity contribution is 5.65. The number of carbonyl (C=O) groups excluding carboxylic acids is 1. The van der Waals surface area contributed by atoms with Gasteiger partial charge in [-0.3, -0.25) is 0 Å². The first-order valence-corrected chi connectivity index (χ1v) is 7.02. The molecule has 0 aliphatic carbocycles. The fourth-order valence-corrected chi connectivity index (χ4v) is 2.63. The largest absolute Gasteiger partial charge is 0.444 e. The first-order chi connectivity index (χ1) is 8.30. The number of ether oxygens (including phenoxy) is 1. The fraction of sp³-hybridized carbons (Fsp3) is 0.929. The lowest BCUT2D eigenvalue weighted by Crippen LogP contribution is -2.39. The van der Waals surface area contributed by atoms with E-state index in [2.05, 4.69) is 18.7 Å². The van der Waals surface area contributed by atoms with Gasteiger partial charge in [0.1, 0.15) is 5.60 Å². The van der Waals surface area contributed by atoms with Crippen molar-refractivity contribution >= 4 is 6.09 Å². The van der Waals surface area contributed by atoms with E-state index in [1.165, 1.54) is 25.9 Å². The summed E-state index contributed by atoms with van der Waals surface area (Å²) in [6.45, 7) is 10.8. The molecule has 1 fully saturated rings. The summed E-state index contributed by atoms with van der Waals surface area (Å²) in [5.74, 6) is 0.760. The summed E-state index contributed by atoms with van der Waals surface area (Å²) in [4.78, 5) is 13.3. The highest BCUT2D eigenvalue weighted by atomic mass is 16.6. The molecule has 1 amide bonds. The maximum Gasteiger partial charge on any atom is 0.405 e. The molecule has 2 N–H and O–H groups in total. The van der Waals surface area contributed by atoms with Crippen LogP contribution >= 0.6 is 0 Å². The lowest BCUT2D eigenvalue weighted by atomic mass is 9.88. The van der Waals surface area contributed by atoms with Gasteiger partial charge in [0.05, 0.1) is 0 Å². The van der Waals surface area contributed by atoms with Crippen LogP contribution in [-0.4, -0.2) is 35.7 Å². The number of amides is 1. The Morgan fingerprint density at radius 1 is 1.39 bits per heavy atom. The van der Waals surface area contributed by atoms with Crippen molar-refractivity contribution in [2.45, 2.75) is 65.0 Å². The lowest BCUT2D eigenvalue weighted by molar-refractivity contribution is 0.0304. The second-order valence-corrected chi connectivity index (χ2v) is 6.29. The molecule has 1 aliphatic rings. The third kappa shape index (κ3) is 5.25. The van der Waals surface area contributed by atoms with Gasteiger partial charge in [0.25, 0.3) is 0 Å². The van der Waals surface area contributed by atoms with E-state index in [9.17, 15) is 4.79 Å². The van der Waals surface area contributed by atoms with Crippen LogP contribution in [-0.2, 0) is 4.74 Å². The maximum atomic E-state index is 10.8. The number of piperidine rings is 1. The number of likely N-dealkylation sites (tertiary alicyclic amines) is 1. The second kappa shape index (κ2) is 6.41. The van der Waals surface area contributed by atoms with E-state index in [1.54, 1.807) is 0 Å². The van der Waals surface area contributed by atoms with Crippen LogP contribution in [0.5, 0.6) is 0 Å². The quantitative estimate of drug-likeness (QED) is 0.823. The molecule has 4 heteroatoms. The third-order valence-corrected chi connectivity index (χ3v) is 3.91. The van der Waals surface area contributed by atoms with Gasteiger partial charge in [-0.1, -0.05) is 0 Å². The normalized spacial score (nSPS) is 19.2. The molecule has 18 heavy (non-hydrogen) atoms. The molecule has 1 heterocycles. The van der Waals surface area contributed by atoms with Crippen LogP contribution in [0.3, 0.4) is 0 Å². The molecule has 0 aromatic carbocycles. The van der Waals surface area contributed by atoms with E-state index < -0.39 is 11.7 Å². The monoisotopic (exact) mass is 256 g/mol. The Labute approximate surface area is 111 Å². The molecule has 0 bridgehead atoms. The van der Waals surface area contributed by atoms with E-state index in [4.69, 9.17) is 10.5 Å². The zero-order valence-electron chi connectivity index (χ0n) is 12.2. The SMILES string of the molecule is CC(C)N1CCC(CCC(C)(C)OC(N)=O)CC1. The lowest BCUT2D eigenvalue weighted by Gasteiger charge is -2.35. The van der Waals surface area contributed by atoms with Gasteiger partial charge in [-0.15, -0.1) is 0 Å². The molecule has 106 valence electrons. The van der Waals surface area contributed by atoms with E-state index in [0.29, 0.717) is 6.04 Å². The van der Waals surface area contributed by atoms with Crippen LogP contribution in [0, 0.1) is 5.92 Å². The Balaban J connectivity index is 2.27. The van der Waals surface area contributed by atoms with E-state index in [1.807, 2.05) is 13.8 Å². The number of nitrogens with zero attached hydrogens (tertiary/aromatic N) is 1. The molecule has 1 aliphatic heterocycles. The van der Waals surface area contributed by atoms with Gasteiger partial charge in [-0.05, 0) is 72.4 Å². The van der Waals surface area contributed by atoms with Gasteiger partial charge in [0, 0.05) is 6.04 Å². The van der Waals surface area contributed by atoms with Gasteiger partial charge >= 0.3 is 6.09 Å². The molecule has 0 spiro atoms. The molecule has 1 rings (SSSR count). The standard InChI is InChI=1S/C14H28N2O2/c1-11(2)16-9-6-12(7-10-16)5-8-14(3,4)18-13(15)17/h11-12H,5-10H2,1-4H3,(H2,15,17). The van der Waals surface area contributed by atoms with Gasteiger partial charge < -0.3 is 15.4 Å². The summed E-state index contributed by atoms with van der Waals surface area (Å²) in [6, 6.07) is 0.653. The molecular formula is C14H28N2O2. The molecule has 0 unspecified atom stereocenters. The van der Waals surface area contributed by atoms with Crippen molar-refractivity contribution < 1.29 is 9.53 Å². The van der Waals surface area contributed by atoms with Crippen LogP contribution in [0.25, 0.3) is 0 Å². The average Bonchev–Trinajstić information content (AvgIpc) is 2.25. The van der Waals surface area contributed by atoms with E-state index in [-0.39, 0.29) is 0 Å². The highest BCUT2D eigenvalue weighted by Gasteiger charge is 2.26. The number of primary amides is 1. The number of hydrogen-bond donors (Lipinski definition) is 1. The minimum absolute atomic E-state index is 0.430. The summed E-state index contributed by atoms with van der Waals surface area (Å²) in [5, 5.41) is 0. The summed E-state index contributed by atoms with van der Waals surface area (Å²) in [7, 11) is 0. The van der Waals surface area contributed by atoms with Gasteiger partial charge in [0.15, 0.2) is 0 Å². The van der Waals surface area contributed by atoms with Crippen LogP contribution in [0.4, 0.5) is 4.79 Å². The maximum absolute atomic E-state index is 10.8. The summed E-state index contributed by atoms with van der Waals surface area (Å²) < 4.78 is 5.12. The molecule has 0 aromatic heterocycles. The second-order valence-electron chi connectivity index (χ2n) is 6.29. The summed E-state index contributed by atoms with van der Waals surface area (Å²) in [6.07, 6.45) is 3.85. The minimum Gasteiger partial charge on any atom is -0.444 e. The average molecular weight is 256 g/mol. The Morgan fingerprint density at radius 3 is 2.39 bits per heavy atom. The van der Waals surface area contributed by atoms with Crippen LogP contribution in [0.1, 0.15) is 53.4 Å². The highest BCUT2D eigenvalue weighted by Crippen LogP contribution is 2.27. The van der Waals surface area contributed by atoms with Crippen molar-refractivity contribution in [2.24, 2.45) is 11.7 Å².